The van der Waals surface area contributed by atoms with Gasteiger partial charge in [0.15, 0.2) is 5.78 Å². The van der Waals surface area contributed by atoms with E-state index in [4.69, 9.17) is 16.3 Å². The lowest BCUT2D eigenvalue weighted by Gasteiger charge is -2.18. The predicted molar refractivity (Wildman–Crippen MR) is 103 cm³/mol. The van der Waals surface area contributed by atoms with Crippen LogP contribution in [-0.4, -0.2) is 34.7 Å². The number of rotatable bonds is 5. The van der Waals surface area contributed by atoms with Crippen molar-refractivity contribution >= 4 is 23.3 Å². The first kappa shape index (κ1) is 18.9. The molecule has 2 aromatic rings. The van der Waals surface area contributed by atoms with E-state index in [0.717, 1.165) is 5.69 Å². The van der Waals surface area contributed by atoms with E-state index >= 15 is 0 Å². The van der Waals surface area contributed by atoms with Crippen molar-refractivity contribution in [2.24, 2.45) is 0 Å². The van der Waals surface area contributed by atoms with Crippen molar-refractivity contribution in [3.8, 4) is 17.6 Å². The third-order valence-corrected chi connectivity index (χ3v) is 4.57. The third kappa shape index (κ3) is 3.96. The Hall–Kier alpha value is -2.84. The summed E-state index contributed by atoms with van der Waals surface area (Å²) in [5.74, 6) is 4.70. The lowest BCUT2D eigenvalue weighted by Crippen LogP contribution is -2.27. The van der Waals surface area contributed by atoms with Crippen molar-refractivity contribution in [3.05, 3.63) is 58.4 Å². The molecular weight excluding hydrogens is 364 g/mol. The molecule has 1 aromatic heterocycles. The first-order valence-electron chi connectivity index (χ1n) is 8.65. The smallest absolute Gasteiger partial charge is 0.238 e. The number of ketones is 1. The van der Waals surface area contributed by atoms with Crippen LogP contribution < -0.4 is 4.74 Å². The highest BCUT2D eigenvalue weighted by Crippen LogP contribution is 2.39. The van der Waals surface area contributed by atoms with Crippen molar-refractivity contribution in [1.82, 2.24) is 9.88 Å². The highest BCUT2D eigenvalue weighted by Gasteiger charge is 2.43. The number of nitrogens with zero attached hydrogens (tertiary/aromatic N) is 2. The van der Waals surface area contributed by atoms with E-state index in [9.17, 15) is 9.59 Å². The Kier molecular flexibility index (Phi) is 5.78. The van der Waals surface area contributed by atoms with Crippen LogP contribution in [0.3, 0.4) is 0 Å². The quantitative estimate of drug-likeness (QED) is 0.588. The molecule has 0 spiro atoms. The largest absolute Gasteiger partial charge is 0.493 e. The molecule has 3 rings (SSSR count). The molecule has 1 unspecified atom stereocenters. The van der Waals surface area contributed by atoms with E-state index in [1.807, 2.05) is 19.1 Å². The molecule has 5 nitrogen and oxygen atoms in total. The maximum absolute atomic E-state index is 13.0. The number of benzene rings is 1. The Morgan fingerprint density at radius 1 is 1.33 bits per heavy atom. The standard InChI is InChI=1S/C21H19ClN2O3/c1-3-7-14-10-16(22)19(18(11-14)27-4-2)20-17(25)13-24(21(20)26)12-15-8-5-6-9-23-15/h5-6,8-11,20H,4,12-13H2,1-2H3. The Morgan fingerprint density at radius 3 is 2.81 bits per heavy atom. The van der Waals surface area contributed by atoms with Gasteiger partial charge in [-0.1, -0.05) is 23.6 Å². The van der Waals surface area contributed by atoms with Crippen molar-refractivity contribution in [3.63, 3.8) is 0 Å². The molecular formula is C21H19ClN2O3. The van der Waals surface area contributed by atoms with Gasteiger partial charge in [-0.15, -0.1) is 5.92 Å². The van der Waals surface area contributed by atoms with Crippen LogP contribution in [0, 0.1) is 11.8 Å². The first-order chi connectivity index (χ1) is 13.0. The fraction of sp³-hybridized carbons (Fsp3) is 0.286. The average molecular weight is 383 g/mol. The van der Waals surface area contributed by atoms with Crippen LogP contribution >= 0.6 is 11.6 Å². The first-order valence-corrected chi connectivity index (χ1v) is 9.03. The van der Waals surface area contributed by atoms with E-state index in [-0.39, 0.29) is 24.8 Å². The van der Waals surface area contributed by atoms with Gasteiger partial charge in [0.2, 0.25) is 5.91 Å². The number of carbonyl (C=O) groups excluding carboxylic acids is 2. The summed E-state index contributed by atoms with van der Waals surface area (Å²) in [6, 6.07) is 8.86. The van der Waals surface area contributed by atoms with Crippen LogP contribution in [0.5, 0.6) is 5.75 Å². The summed E-state index contributed by atoms with van der Waals surface area (Å²) >= 11 is 6.44. The van der Waals surface area contributed by atoms with Gasteiger partial charge >= 0.3 is 0 Å². The van der Waals surface area contributed by atoms with E-state index < -0.39 is 5.92 Å². The van der Waals surface area contributed by atoms with Crippen LogP contribution in [0.2, 0.25) is 5.02 Å². The lowest BCUT2D eigenvalue weighted by molar-refractivity contribution is -0.130. The van der Waals surface area contributed by atoms with Gasteiger partial charge in [0, 0.05) is 22.3 Å². The SMILES string of the molecule is CC#Cc1cc(Cl)c(C2C(=O)CN(Cc3ccccn3)C2=O)c(OCC)c1. The fourth-order valence-corrected chi connectivity index (χ4v) is 3.47. The number of pyridine rings is 1. The average Bonchev–Trinajstić information content (AvgIpc) is 2.90. The summed E-state index contributed by atoms with van der Waals surface area (Å²) in [5, 5.41) is 0.310. The number of carbonyl (C=O) groups is 2. The van der Waals surface area contributed by atoms with Crippen LogP contribution in [0.1, 0.15) is 36.6 Å². The molecule has 1 aliphatic heterocycles. The molecule has 27 heavy (non-hydrogen) atoms. The normalized spacial score (nSPS) is 16.3. The zero-order valence-corrected chi connectivity index (χ0v) is 15.9. The molecule has 6 heteroatoms. The molecule has 0 bridgehead atoms. The monoisotopic (exact) mass is 382 g/mol. The van der Waals surface area contributed by atoms with Crippen LogP contribution in [0.25, 0.3) is 0 Å². The molecule has 138 valence electrons. The topological polar surface area (TPSA) is 59.5 Å². The van der Waals surface area contributed by atoms with Gasteiger partial charge in [-0.2, -0.15) is 0 Å². The van der Waals surface area contributed by atoms with Gasteiger partial charge in [0.1, 0.15) is 11.7 Å². The lowest BCUT2D eigenvalue weighted by atomic mass is 9.94. The molecule has 0 N–H and O–H groups in total. The number of amides is 1. The predicted octanol–water partition coefficient (Wildman–Crippen LogP) is 3.20. The molecule has 1 atom stereocenters. The van der Waals surface area contributed by atoms with Crippen LogP contribution in [-0.2, 0) is 16.1 Å². The summed E-state index contributed by atoms with van der Waals surface area (Å²) in [6.45, 7) is 4.25. The summed E-state index contributed by atoms with van der Waals surface area (Å²) in [5.41, 5.74) is 1.82. The van der Waals surface area contributed by atoms with Crippen molar-refractivity contribution in [2.75, 3.05) is 13.2 Å². The van der Waals surface area contributed by atoms with Crippen molar-refractivity contribution in [1.29, 1.82) is 0 Å². The van der Waals surface area contributed by atoms with E-state index in [1.54, 1.807) is 31.3 Å². The number of Topliss-reactive ketones (excluding diaryl/α,β-unsaturated/α-hetero) is 1. The molecule has 0 radical (unpaired) electrons. The molecule has 1 fully saturated rings. The zero-order valence-electron chi connectivity index (χ0n) is 15.2. The minimum atomic E-state index is -0.966. The number of hydrogen-bond donors (Lipinski definition) is 0. The second-order valence-electron chi connectivity index (χ2n) is 6.09. The van der Waals surface area contributed by atoms with Gasteiger partial charge in [0.05, 0.1) is 25.4 Å². The maximum atomic E-state index is 13.0. The molecule has 1 aromatic carbocycles. The molecule has 2 heterocycles. The van der Waals surface area contributed by atoms with Crippen LogP contribution in [0.15, 0.2) is 36.5 Å². The number of ether oxygens (including phenoxy) is 1. The van der Waals surface area contributed by atoms with Gasteiger partial charge in [-0.05, 0) is 38.1 Å². The van der Waals surface area contributed by atoms with Crippen molar-refractivity contribution < 1.29 is 14.3 Å². The summed E-state index contributed by atoms with van der Waals surface area (Å²) < 4.78 is 5.68. The minimum Gasteiger partial charge on any atom is -0.493 e. The molecule has 1 aliphatic rings. The van der Waals surface area contributed by atoms with E-state index in [0.29, 0.717) is 28.5 Å². The summed E-state index contributed by atoms with van der Waals surface area (Å²) in [6.07, 6.45) is 1.66. The van der Waals surface area contributed by atoms with Crippen LogP contribution in [0.4, 0.5) is 0 Å². The molecule has 0 saturated carbocycles. The summed E-state index contributed by atoms with van der Waals surface area (Å²) in [7, 11) is 0. The van der Waals surface area contributed by atoms with Gasteiger partial charge < -0.3 is 9.64 Å². The Bertz CT molecular complexity index is 932. The maximum Gasteiger partial charge on any atom is 0.238 e. The van der Waals surface area contributed by atoms with Gasteiger partial charge in [0.25, 0.3) is 0 Å². The second kappa shape index (κ2) is 8.24. The fourth-order valence-electron chi connectivity index (χ4n) is 3.15. The molecule has 0 aliphatic carbocycles. The zero-order chi connectivity index (χ0) is 19.4. The highest BCUT2D eigenvalue weighted by molar-refractivity contribution is 6.33. The number of halogens is 1. The van der Waals surface area contributed by atoms with E-state index in [2.05, 4.69) is 16.8 Å². The van der Waals surface area contributed by atoms with E-state index in [1.165, 1.54) is 4.90 Å². The number of aromatic nitrogens is 1. The van der Waals surface area contributed by atoms with Gasteiger partial charge in [-0.25, -0.2) is 0 Å². The molecule has 1 amide bonds. The highest BCUT2D eigenvalue weighted by atomic mass is 35.5. The minimum absolute atomic E-state index is 0.0263. The van der Waals surface area contributed by atoms with Gasteiger partial charge in [-0.3, -0.25) is 14.6 Å². The Labute approximate surface area is 163 Å². The number of hydrogen-bond acceptors (Lipinski definition) is 4. The van der Waals surface area contributed by atoms with Crippen molar-refractivity contribution in [2.45, 2.75) is 26.3 Å². The number of likely N-dealkylation sites (tertiary alicyclic amines) is 1. The Balaban J connectivity index is 1.96. The molecule has 1 saturated heterocycles. The Morgan fingerprint density at radius 2 is 2.15 bits per heavy atom. The second-order valence-corrected chi connectivity index (χ2v) is 6.50. The third-order valence-electron chi connectivity index (χ3n) is 4.26. The summed E-state index contributed by atoms with van der Waals surface area (Å²) in [4.78, 5) is 31.4.